The van der Waals surface area contributed by atoms with Gasteiger partial charge in [0.1, 0.15) is 5.75 Å². The molecule has 1 aromatic carbocycles. The Hall–Kier alpha value is -1.31. The van der Waals surface area contributed by atoms with Crippen LogP contribution in [0.4, 0.5) is 0 Å². The first kappa shape index (κ1) is 10.8. The van der Waals surface area contributed by atoms with Crippen molar-refractivity contribution in [3.8, 4) is 5.75 Å². The smallest absolute Gasteiger partial charge is 0.163 e. The standard InChI is InChI=1S/C12H16O2/c1-5-14-12-9(3)7-6-8(2)11(12)10(4)13/h6-7H,5H2,1-4H3. The van der Waals surface area contributed by atoms with Crippen LogP contribution in [0.3, 0.4) is 0 Å². The second kappa shape index (κ2) is 4.27. The number of ketones is 1. The number of aryl methyl sites for hydroxylation is 2. The predicted molar refractivity (Wildman–Crippen MR) is 57.1 cm³/mol. The van der Waals surface area contributed by atoms with E-state index >= 15 is 0 Å². The lowest BCUT2D eigenvalue weighted by Gasteiger charge is -2.13. The topological polar surface area (TPSA) is 26.3 Å². The van der Waals surface area contributed by atoms with Gasteiger partial charge in [-0.25, -0.2) is 0 Å². The number of hydrogen-bond acceptors (Lipinski definition) is 2. The summed E-state index contributed by atoms with van der Waals surface area (Å²) in [5.41, 5.74) is 2.71. The lowest BCUT2D eigenvalue weighted by Crippen LogP contribution is -2.04. The minimum Gasteiger partial charge on any atom is -0.493 e. The molecule has 1 rings (SSSR count). The molecule has 0 aliphatic rings. The van der Waals surface area contributed by atoms with Crippen molar-refractivity contribution in [1.82, 2.24) is 0 Å². The summed E-state index contributed by atoms with van der Waals surface area (Å²) in [6, 6.07) is 3.93. The Morgan fingerprint density at radius 3 is 2.36 bits per heavy atom. The molecule has 0 radical (unpaired) electrons. The van der Waals surface area contributed by atoms with E-state index < -0.39 is 0 Å². The van der Waals surface area contributed by atoms with Crippen LogP contribution in [-0.4, -0.2) is 12.4 Å². The molecule has 2 heteroatoms. The third kappa shape index (κ3) is 1.95. The van der Waals surface area contributed by atoms with Gasteiger partial charge >= 0.3 is 0 Å². The summed E-state index contributed by atoms with van der Waals surface area (Å²) in [6.45, 7) is 7.97. The number of Topliss-reactive ketones (excluding diaryl/α,β-unsaturated/α-hetero) is 1. The van der Waals surface area contributed by atoms with Gasteiger partial charge in [0.25, 0.3) is 0 Å². The van der Waals surface area contributed by atoms with Crippen LogP contribution in [0.2, 0.25) is 0 Å². The summed E-state index contributed by atoms with van der Waals surface area (Å²) in [7, 11) is 0. The molecule has 0 N–H and O–H groups in total. The van der Waals surface area contributed by atoms with Crippen LogP contribution < -0.4 is 4.74 Å². The fourth-order valence-corrected chi connectivity index (χ4v) is 1.55. The fourth-order valence-electron chi connectivity index (χ4n) is 1.55. The molecule has 76 valence electrons. The Bertz CT molecular complexity index is 354. The van der Waals surface area contributed by atoms with Gasteiger partial charge in [0.05, 0.1) is 12.2 Å². The largest absolute Gasteiger partial charge is 0.493 e. The molecule has 0 saturated heterocycles. The zero-order valence-electron chi connectivity index (χ0n) is 9.18. The second-order valence-electron chi connectivity index (χ2n) is 3.39. The van der Waals surface area contributed by atoms with Crippen LogP contribution in [0, 0.1) is 13.8 Å². The number of benzene rings is 1. The van der Waals surface area contributed by atoms with Crippen LogP contribution in [0.25, 0.3) is 0 Å². The molecule has 2 nitrogen and oxygen atoms in total. The molecule has 0 unspecified atom stereocenters. The molecule has 0 aromatic heterocycles. The van der Waals surface area contributed by atoms with Gasteiger partial charge in [-0.1, -0.05) is 12.1 Å². The number of carbonyl (C=O) groups excluding carboxylic acids is 1. The van der Waals surface area contributed by atoms with E-state index in [-0.39, 0.29) is 5.78 Å². The second-order valence-corrected chi connectivity index (χ2v) is 3.39. The third-order valence-electron chi connectivity index (χ3n) is 2.20. The molecule has 0 fully saturated rings. The molecule has 1 aromatic rings. The number of ether oxygens (including phenoxy) is 1. The zero-order chi connectivity index (χ0) is 10.7. The highest BCUT2D eigenvalue weighted by atomic mass is 16.5. The Balaban J connectivity index is 3.33. The van der Waals surface area contributed by atoms with Crippen molar-refractivity contribution in [2.75, 3.05) is 6.61 Å². The Kier molecular flexibility index (Phi) is 3.28. The first-order chi connectivity index (χ1) is 6.57. The minimum absolute atomic E-state index is 0.0645. The summed E-state index contributed by atoms with van der Waals surface area (Å²) in [4.78, 5) is 11.4. The first-order valence-electron chi connectivity index (χ1n) is 4.81. The lowest BCUT2D eigenvalue weighted by atomic mass is 10.0. The molecule has 0 bridgehead atoms. The monoisotopic (exact) mass is 192 g/mol. The van der Waals surface area contributed by atoms with E-state index in [4.69, 9.17) is 4.74 Å². The molecule has 0 aliphatic carbocycles. The molecule has 0 amide bonds. The summed E-state index contributed by atoms with van der Waals surface area (Å²) in [5.74, 6) is 0.801. The van der Waals surface area contributed by atoms with Gasteiger partial charge in [-0.15, -0.1) is 0 Å². The average Bonchev–Trinajstić information content (AvgIpc) is 2.11. The molecule has 14 heavy (non-hydrogen) atoms. The molecule has 0 spiro atoms. The highest BCUT2D eigenvalue weighted by Crippen LogP contribution is 2.27. The maximum absolute atomic E-state index is 11.4. The molecule has 0 atom stereocenters. The maximum Gasteiger partial charge on any atom is 0.163 e. The van der Waals surface area contributed by atoms with Crippen LogP contribution in [-0.2, 0) is 0 Å². The molecular formula is C12H16O2. The Morgan fingerprint density at radius 1 is 1.29 bits per heavy atom. The van der Waals surface area contributed by atoms with E-state index in [0.717, 1.165) is 16.9 Å². The SMILES string of the molecule is CCOc1c(C)ccc(C)c1C(C)=O. The van der Waals surface area contributed by atoms with Crippen molar-refractivity contribution in [2.24, 2.45) is 0 Å². The number of hydrogen-bond donors (Lipinski definition) is 0. The van der Waals surface area contributed by atoms with E-state index in [9.17, 15) is 4.79 Å². The zero-order valence-corrected chi connectivity index (χ0v) is 9.18. The van der Waals surface area contributed by atoms with Gasteiger partial charge in [0.15, 0.2) is 5.78 Å². The van der Waals surface area contributed by atoms with Gasteiger partial charge in [-0.2, -0.15) is 0 Å². The molecule has 0 aliphatic heterocycles. The van der Waals surface area contributed by atoms with Crippen LogP contribution in [0.1, 0.15) is 35.3 Å². The predicted octanol–water partition coefficient (Wildman–Crippen LogP) is 2.90. The van der Waals surface area contributed by atoms with E-state index in [2.05, 4.69) is 0 Å². The van der Waals surface area contributed by atoms with Crippen molar-refractivity contribution in [3.63, 3.8) is 0 Å². The van der Waals surface area contributed by atoms with Gasteiger partial charge in [-0.05, 0) is 38.8 Å². The molecule has 0 saturated carbocycles. The van der Waals surface area contributed by atoms with Crippen LogP contribution >= 0.6 is 0 Å². The van der Waals surface area contributed by atoms with Crippen LogP contribution in [0.15, 0.2) is 12.1 Å². The summed E-state index contributed by atoms with van der Waals surface area (Å²) in [5, 5.41) is 0. The summed E-state index contributed by atoms with van der Waals surface area (Å²) in [6.07, 6.45) is 0. The average molecular weight is 192 g/mol. The van der Waals surface area contributed by atoms with Gasteiger partial charge in [0, 0.05) is 0 Å². The Morgan fingerprint density at radius 2 is 1.86 bits per heavy atom. The summed E-state index contributed by atoms with van der Waals surface area (Å²) >= 11 is 0. The summed E-state index contributed by atoms with van der Waals surface area (Å²) < 4.78 is 5.49. The Labute approximate surface area is 84.9 Å². The van der Waals surface area contributed by atoms with E-state index in [0.29, 0.717) is 12.2 Å². The van der Waals surface area contributed by atoms with E-state index in [1.165, 1.54) is 0 Å². The molecule has 0 heterocycles. The first-order valence-corrected chi connectivity index (χ1v) is 4.81. The van der Waals surface area contributed by atoms with E-state index in [1.807, 2.05) is 32.9 Å². The van der Waals surface area contributed by atoms with Crippen molar-refractivity contribution in [3.05, 3.63) is 28.8 Å². The highest BCUT2D eigenvalue weighted by molar-refractivity contribution is 5.98. The van der Waals surface area contributed by atoms with Crippen molar-refractivity contribution in [2.45, 2.75) is 27.7 Å². The number of carbonyl (C=O) groups is 1. The molecular weight excluding hydrogens is 176 g/mol. The highest BCUT2D eigenvalue weighted by Gasteiger charge is 2.13. The van der Waals surface area contributed by atoms with Crippen molar-refractivity contribution >= 4 is 5.78 Å². The van der Waals surface area contributed by atoms with Gasteiger partial charge in [0.2, 0.25) is 0 Å². The third-order valence-corrected chi connectivity index (χ3v) is 2.20. The quantitative estimate of drug-likeness (QED) is 0.688. The minimum atomic E-state index is 0.0645. The fraction of sp³-hybridized carbons (Fsp3) is 0.417. The van der Waals surface area contributed by atoms with E-state index in [1.54, 1.807) is 6.92 Å². The van der Waals surface area contributed by atoms with Gasteiger partial charge < -0.3 is 4.74 Å². The van der Waals surface area contributed by atoms with Gasteiger partial charge in [-0.3, -0.25) is 4.79 Å². The normalized spacial score (nSPS) is 10.0. The van der Waals surface area contributed by atoms with Crippen molar-refractivity contribution < 1.29 is 9.53 Å². The van der Waals surface area contributed by atoms with Crippen molar-refractivity contribution in [1.29, 1.82) is 0 Å². The lowest BCUT2D eigenvalue weighted by molar-refractivity contribution is 0.101. The number of rotatable bonds is 3. The van der Waals surface area contributed by atoms with Crippen LogP contribution in [0.5, 0.6) is 5.75 Å². The maximum atomic E-state index is 11.4.